The number of hydrogen-bond acceptors (Lipinski definition) is 0. The van der Waals surface area contributed by atoms with Gasteiger partial charge >= 0.3 is 6.18 Å². The Morgan fingerprint density at radius 2 is 1.05 bits per heavy atom. The molecule has 0 aromatic rings. The molecule has 0 unspecified atom stereocenters. The molecule has 0 aliphatic carbocycles. The molecule has 0 atom stereocenters. The van der Waals surface area contributed by atoms with E-state index in [4.69, 9.17) is 6.42 Å². The fourth-order valence-electron chi connectivity index (χ4n) is 0.100. The normalized spacial score (nSPS) is 8.20. The van der Waals surface area contributed by atoms with E-state index in [1.807, 2.05) is 0 Å². The Bertz CT molecular complexity index is 145. The first kappa shape index (κ1) is 32.2. The van der Waals surface area contributed by atoms with Gasteiger partial charge in [0.15, 0.2) is 0 Å². The molecule has 0 aromatic heterocycles. The van der Waals surface area contributed by atoms with Crippen LogP contribution >= 0.6 is 0 Å². The maximum absolute atomic E-state index is 10.9. The minimum Gasteiger partial charge on any atom is -0.170 e. The van der Waals surface area contributed by atoms with Crippen molar-refractivity contribution >= 4 is 23.9 Å². The number of rotatable bonds is 3. The second-order valence-electron chi connectivity index (χ2n) is 3.53. The maximum Gasteiger partial charge on any atom is 0.399 e. The molecule has 20 heavy (non-hydrogen) atoms. The number of alkyl halides is 3. The van der Waals surface area contributed by atoms with Gasteiger partial charge in [0, 0.05) is 23.9 Å². The second kappa shape index (κ2) is 31.5. The molecule has 0 amide bonds. The molecule has 8 radical (unpaired) electrons. The van der Waals surface area contributed by atoms with Crippen molar-refractivity contribution in [3.63, 3.8) is 0 Å². The molecule has 0 heterocycles. The molecule has 118 valence electrons. The Balaban J connectivity index is -0.0000000512. The predicted octanol–water partition coefficient (Wildman–Crippen LogP) is 6.01. The minimum absolute atomic E-state index is 0. The third kappa shape index (κ3) is 104. The summed E-state index contributed by atoms with van der Waals surface area (Å²) < 4.78 is 32.6. The van der Waals surface area contributed by atoms with Crippen LogP contribution in [0.2, 0.25) is 0 Å². The van der Waals surface area contributed by atoms with E-state index in [0.717, 1.165) is 19.3 Å². The van der Waals surface area contributed by atoms with Crippen LogP contribution in [0, 0.1) is 33.1 Å². The summed E-state index contributed by atoms with van der Waals surface area (Å²) >= 11 is 0. The van der Waals surface area contributed by atoms with E-state index < -0.39 is 12.6 Å². The van der Waals surface area contributed by atoms with Gasteiger partial charge in [-0.3, -0.25) is 0 Å². The molecule has 4 heteroatoms. The van der Waals surface area contributed by atoms with Gasteiger partial charge in [-0.25, -0.2) is 0 Å². The summed E-state index contributed by atoms with van der Waals surface area (Å²) in [5.41, 5.74) is 0. The fraction of sp³-hybridized carbons (Fsp3) is 0.688. The smallest absolute Gasteiger partial charge is 0.170 e. The third-order valence-electron chi connectivity index (χ3n) is 1.35. The van der Waals surface area contributed by atoms with Crippen molar-refractivity contribution in [2.24, 2.45) is 0 Å². The molecule has 0 fully saturated rings. The summed E-state index contributed by atoms with van der Waals surface area (Å²) in [6, 6.07) is 0. The maximum atomic E-state index is 10.9. The van der Waals surface area contributed by atoms with Gasteiger partial charge in [0.2, 0.25) is 0 Å². The molecular formula is C16H29F3Sn. The van der Waals surface area contributed by atoms with Gasteiger partial charge in [-0.2, -0.15) is 13.2 Å². The molecule has 0 rings (SSSR count). The first-order valence-electron chi connectivity index (χ1n) is 6.65. The van der Waals surface area contributed by atoms with E-state index in [9.17, 15) is 13.2 Å². The van der Waals surface area contributed by atoms with Crippen molar-refractivity contribution in [1.29, 1.82) is 0 Å². The molecule has 0 aliphatic rings. The van der Waals surface area contributed by atoms with Crippen LogP contribution in [-0.2, 0) is 0 Å². The Morgan fingerprint density at radius 3 is 1.05 bits per heavy atom. The summed E-state index contributed by atoms with van der Waals surface area (Å²) in [6.45, 7) is 17.2. The van der Waals surface area contributed by atoms with Gasteiger partial charge < -0.3 is 0 Å². The predicted molar refractivity (Wildman–Crippen MR) is 84.4 cm³/mol. The molecule has 0 spiro atoms. The van der Waals surface area contributed by atoms with Crippen molar-refractivity contribution in [3.8, 4) is 5.92 Å². The van der Waals surface area contributed by atoms with Crippen LogP contribution in [0.4, 0.5) is 13.2 Å². The van der Waals surface area contributed by atoms with E-state index in [2.05, 4.69) is 41.5 Å². The van der Waals surface area contributed by atoms with Crippen LogP contribution < -0.4 is 0 Å². The van der Waals surface area contributed by atoms with E-state index in [-0.39, 0.29) is 23.9 Å². The van der Waals surface area contributed by atoms with E-state index in [1.165, 1.54) is 25.2 Å². The van der Waals surface area contributed by atoms with Crippen LogP contribution in [0.5, 0.6) is 0 Å². The summed E-state index contributed by atoms with van der Waals surface area (Å²) in [5, 5.41) is 0. The van der Waals surface area contributed by atoms with Gasteiger partial charge in [-0.05, 0) is 6.42 Å². The molecular weight excluding hydrogens is 368 g/mol. The SMILES string of the molecule is [CH2]CCC.[CH2]CCC.[CH2]CCC.[C]#CCC(F)(F)F.[Sn]. The van der Waals surface area contributed by atoms with Gasteiger partial charge in [-0.15, -0.1) is 0 Å². The van der Waals surface area contributed by atoms with Crippen molar-refractivity contribution < 1.29 is 13.2 Å². The molecule has 0 saturated carbocycles. The fourth-order valence-corrected chi connectivity index (χ4v) is 0.100. The van der Waals surface area contributed by atoms with E-state index >= 15 is 0 Å². The Kier molecular flexibility index (Phi) is 50.7. The standard InChI is InChI=1S/C4H2F3.3C4H9.Sn/c1-2-3-4(5,6)7;3*1-3-4-2;/h3H2;3*1,3-4H2,2H3;. The molecule has 0 aromatic carbocycles. The number of unbranched alkanes of at least 4 members (excludes halogenated alkanes) is 3. The summed E-state index contributed by atoms with van der Waals surface area (Å²) in [4.78, 5) is 0. The summed E-state index contributed by atoms with van der Waals surface area (Å²) in [7, 11) is 0. The summed E-state index contributed by atoms with van der Waals surface area (Å²) in [6.07, 6.45) is 7.23. The first-order chi connectivity index (χ1) is 8.80. The monoisotopic (exact) mass is 398 g/mol. The van der Waals surface area contributed by atoms with Crippen molar-refractivity contribution in [3.05, 3.63) is 27.2 Å². The van der Waals surface area contributed by atoms with Gasteiger partial charge in [-0.1, -0.05) is 86.0 Å². The average Bonchev–Trinajstić information content (AvgIpc) is 2.38. The van der Waals surface area contributed by atoms with E-state index in [1.54, 1.807) is 0 Å². The third-order valence-corrected chi connectivity index (χ3v) is 1.35. The van der Waals surface area contributed by atoms with Crippen molar-refractivity contribution in [2.45, 2.75) is 71.9 Å². The van der Waals surface area contributed by atoms with E-state index in [0.29, 0.717) is 0 Å². The van der Waals surface area contributed by atoms with Crippen LogP contribution in [0.3, 0.4) is 0 Å². The summed E-state index contributed by atoms with van der Waals surface area (Å²) in [5.74, 6) is 1.23. The Morgan fingerprint density at radius 1 is 0.850 bits per heavy atom. The molecule has 0 bridgehead atoms. The molecule has 0 aliphatic heterocycles. The van der Waals surface area contributed by atoms with Crippen LogP contribution in [-0.4, -0.2) is 30.1 Å². The van der Waals surface area contributed by atoms with Crippen LogP contribution in [0.1, 0.15) is 65.7 Å². The zero-order valence-electron chi connectivity index (χ0n) is 13.2. The van der Waals surface area contributed by atoms with Crippen LogP contribution in [0.25, 0.3) is 0 Å². The van der Waals surface area contributed by atoms with Crippen LogP contribution in [0.15, 0.2) is 0 Å². The molecule has 0 nitrogen and oxygen atoms in total. The number of halogens is 3. The Hall–Kier alpha value is 0.149. The Labute approximate surface area is 142 Å². The first-order valence-corrected chi connectivity index (χ1v) is 6.65. The van der Waals surface area contributed by atoms with Gasteiger partial charge in [0.05, 0.1) is 0 Å². The molecule has 0 saturated heterocycles. The molecule has 0 N–H and O–H groups in total. The average molecular weight is 397 g/mol. The zero-order chi connectivity index (χ0) is 16.2. The number of hydrogen-bond donors (Lipinski definition) is 0. The topological polar surface area (TPSA) is 0 Å². The largest absolute Gasteiger partial charge is 0.399 e. The second-order valence-corrected chi connectivity index (χ2v) is 3.53. The van der Waals surface area contributed by atoms with Crippen molar-refractivity contribution in [2.75, 3.05) is 0 Å². The quantitative estimate of drug-likeness (QED) is 0.404. The van der Waals surface area contributed by atoms with Gasteiger partial charge in [0.1, 0.15) is 6.42 Å². The minimum atomic E-state index is -4.25. The zero-order valence-corrected chi connectivity index (χ0v) is 16.1. The van der Waals surface area contributed by atoms with Crippen molar-refractivity contribution in [1.82, 2.24) is 0 Å². The van der Waals surface area contributed by atoms with Gasteiger partial charge in [0.25, 0.3) is 0 Å².